The SMILES string of the molecule is COCCNCc1ccccc1N(CCCO)C1CCC1. The van der Waals surface area contributed by atoms with Crippen LogP contribution < -0.4 is 10.2 Å². The van der Waals surface area contributed by atoms with Crippen molar-refractivity contribution in [3.8, 4) is 0 Å². The number of ether oxygens (including phenoxy) is 1. The van der Waals surface area contributed by atoms with Crippen LogP contribution in [0.3, 0.4) is 0 Å². The topological polar surface area (TPSA) is 44.7 Å². The molecule has 0 unspecified atom stereocenters. The third-order valence-corrected chi connectivity index (χ3v) is 4.17. The van der Waals surface area contributed by atoms with Gasteiger partial charge in [0.05, 0.1) is 6.61 Å². The molecule has 0 bridgehead atoms. The quantitative estimate of drug-likeness (QED) is 0.649. The Bertz CT molecular complexity index is 408. The third kappa shape index (κ3) is 4.70. The number of methoxy groups -OCH3 is 1. The van der Waals surface area contributed by atoms with E-state index in [1.807, 2.05) is 0 Å². The number of benzene rings is 1. The molecule has 1 saturated carbocycles. The number of hydrogen-bond acceptors (Lipinski definition) is 4. The molecule has 4 nitrogen and oxygen atoms in total. The first-order valence-corrected chi connectivity index (χ1v) is 8.02. The monoisotopic (exact) mass is 292 g/mol. The third-order valence-electron chi connectivity index (χ3n) is 4.17. The van der Waals surface area contributed by atoms with Crippen LogP contribution in [0.25, 0.3) is 0 Å². The van der Waals surface area contributed by atoms with Crippen molar-refractivity contribution in [1.82, 2.24) is 5.32 Å². The normalized spacial score (nSPS) is 15.0. The van der Waals surface area contributed by atoms with Crippen molar-refractivity contribution in [1.29, 1.82) is 0 Å². The molecule has 0 spiro atoms. The molecular formula is C17H28N2O2. The van der Waals surface area contributed by atoms with Crippen molar-refractivity contribution >= 4 is 5.69 Å². The maximum Gasteiger partial charge on any atom is 0.0587 e. The van der Waals surface area contributed by atoms with Gasteiger partial charge in [0.25, 0.3) is 0 Å². The molecule has 0 aromatic heterocycles. The van der Waals surface area contributed by atoms with Crippen LogP contribution in [0.4, 0.5) is 5.69 Å². The van der Waals surface area contributed by atoms with Gasteiger partial charge in [0.15, 0.2) is 0 Å². The van der Waals surface area contributed by atoms with Gasteiger partial charge in [-0.3, -0.25) is 0 Å². The van der Waals surface area contributed by atoms with E-state index in [1.54, 1.807) is 7.11 Å². The average Bonchev–Trinajstić information content (AvgIpc) is 2.46. The Morgan fingerprint density at radius 3 is 2.81 bits per heavy atom. The van der Waals surface area contributed by atoms with Crippen molar-refractivity contribution in [2.45, 2.75) is 38.3 Å². The van der Waals surface area contributed by atoms with Crippen LogP contribution in [0.1, 0.15) is 31.2 Å². The van der Waals surface area contributed by atoms with Crippen molar-refractivity contribution in [3.63, 3.8) is 0 Å². The predicted molar refractivity (Wildman–Crippen MR) is 86.7 cm³/mol. The van der Waals surface area contributed by atoms with Gasteiger partial charge in [0.1, 0.15) is 0 Å². The summed E-state index contributed by atoms with van der Waals surface area (Å²) in [6.07, 6.45) is 4.71. The number of hydrogen-bond donors (Lipinski definition) is 2. The summed E-state index contributed by atoms with van der Waals surface area (Å²) in [4.78, 5) is 2.49. The number of nitrogens with one attached hydrogen (secondary N) is 1. The zero-order valence-corrected chi connectivity index (χ0v) is 13.1. The van der Waals surface area contributed by atoms with Crippen LogP contribution >= 0.6 is 0 Å². The van der Waals surface area contributed by atoms with Gasteiger partial charge in [-0.15, -0.1) is 0 Å². The van der Waals surface area contributed by atoms with Gasteiger partial charge in [-0.05, 0) is 37.3 Å². The zero-order valence-electron chi connectivity index (χ0n) is 13.1. The molecule has 0 heterocycles. The molecule has 0 amide bonds. The molecule has 1 aliphatic carbocycles. The summed E-state index contributed by atoms with van der Waals surface area (Å²) in [5.74, 6) is 0. The van der Waals surface area contributed by atoms with E-state index < -0.39 is 0 Å². The van der Waals surface area contributed by atoms with E-state index in [0.29, 0.717) is 6.04 Å². The first kappa shape index (κ1) is 16.3. The number of aliphatic hydroxyl groups is 1. The Balaban J connectivity index is 2.03. The van der Waals surface area contributed by atoms with Gasteiger partial charge in [0, 0.05) is 45.1 Å². The van der Waals surface area contributed by atoms with Gasteiger partial charge in [-0.1, -0.05) is 18.2 Å². The lowest BCUT2D eigenvalue weighted by Crippen LogP contribution is -2.41. The minimum atomic E-state index is 0.261. The molecule has 1 fully saturated rings. The van der Waals surface area contributed by atoms with Gasteiger partial charge < -0.3 is 20.1 Å². The number of nitrogens with zero attached hydrogens (tertiary/aromatic N) is 1. The minimum Gasteiger partial charge on any atom is -0.396 e. The van der Waals surface area contributed by atoms with Crippen LogP contribution in [-0.2, 0) is 11.3 Å². The fraction of sp³-hybridized carbons (Fsp3) is 0.647. The van der Waals surface area contributed by atoms with E-state index in [2.05, 4.69) is 34.5 Å². The summed E-state index contributed by atoms with van der Waals surface area (Å²) in [5, 5.41) is 12.6. The maximum absolute atomic E-state index is 9.15. The summed E-state index contributed by atoms with van der Waals surface area (Å²) in [7, 11) is 1.73. The van der Waals surface area contributed by atoms with Crippen LogP contribution in [0.2, 0.25) is 0 Å². The predicted octanol–water partition coefficient (Wildman–Crippen LogP) is 2.16. The Labute approximate surface area is 128 Å². The summed E-state index contributed by atoms with van der Waals surface area (Å²) < 4.78 is 5.07. The number of rotatable bonds is 10. The Kier molecular flexibility index (Phi) is 7.00. The van der Waals surface area contributed by atoms with Crippen molar-refractivity contribution in [3.05, 3.63) is 29.8 Å². The highest BCUT2D eigenvalue weighted by molar-refractivity contribution is 5.54. The van der Waals surface area contributed by atoms with E-state index in [9.17, 15) is 0 Å². The van der Waals surface area contributed by atoms with Crippen molar-refractivity contribution in [2.24, 2.45) is 0 Å². The standard InChI is InChI=1S/C17H28N2O2/c1-21-13-10-18-14-15-6-2-3-9-17(15)19(11-5-12-20)16-7-4-8-16/h2-3,6,9,16,18,20H,4-5,7-8,10-14H2,1H3. The maximum atomic E-state index is 9.15. The zero-order chi connectivity index (χ0) is 14.9. The molecule has 2 rings (SSSR count). The summed E-state index contributed by atoms with van der Waals surface area (Å²) in [6.45, 7) is 3.67. The lowest BCUT2D eigenvalue weighted by Gasteiger charge is -2.40. The first-order valence-electron chi connectivity index (χ1n) is 8.02. The van der Waals surface area contributed by atoms with Gasteiger partial charge in [0.2, 0.25) is 0 Å². The molecule has 0 saturated heterocycles. The lowest BCUT2D eigenvalue weighted by atomic mass is 9.90. The smallest absolute Gasteiger partial charge is 0.0587 e. The van der Waals surface area contributed by atoms with E-state index in [1.165, 1.54) is 30.5 Å². The van der Waals surface area contributed by atoms with Gasteiger partial charge in [-0.2, -0.15) is 0 Å². The molecule has 0 atom stereocenters. The Morgan fingerprint density at radius 2 is 2.14 bits per heavy atom. The largest absolute Gasteiger partial charge is 0.396 e. The minimum absolute atomic E-state index is 0.261. The molecule has 1 aliphatic rings. The second kappa shape index (κ2) is 9.03. The highest BCUT2D eigenvalue weighted by Crippen LogP contribution is 2.31. The second-order valence-electron chi connectivity index (χ2n) is 5.65. The average molecular weight is 292 g/mol. The highest BCUT2D eigenvalue weighted by atomic mass is 16.5. The molecule has 2 N–H and O–H groups in total. The number of anilines is 1. The molecule has 0 radical (unpaired) electrons. The summed E-state index contributed by atoms with van der Waals surface area (Å²) in [5.41, 5.74) is 2.65. The van der Waals surface area contributed by atoms with Crippen LogP contribution in [0, 0.1) is 0 Å². The molecule has 1 aromatic rings. The molecule has 118 valence electrons. The molecule has 4 heteroatoms. The molecule has 1 aromatic carbocycles. The van der Waals surface area contributed by atoms with Crippen LogP contribution in [0.15, 0.2) is 24.3 Å². The van der Waals surface area contributed by atoms with Crippen molar-refractivity contribution in [2.75, 3.05) is 38.3 Å². The Hall–Kier alpha value is -1.10. The Morgan fingerprint density at radius 1 is 1.33 bits per heavy atom. The van der Waals surface area contributed by atoms with E-state index >= 15 is 0 Å². The molecule has 0 aliphatic heterocycles. The van der Waals surface area contributed by atoms with Crippen molar-refractivity contribution < 1.29 is 9.84 Å². The lowest BCUT2D eigenvalue weighted by molar-refractivity contribution is 0.199. The summed E-state index contributed by atoms with van der Waals surface area (Å²) >= 11 is 0. The molecular weight excluding hydrogens is 264 g/mol. The fourth-order valence-corrected chi connectivity index (χ4v) is 2.78. The number of aliphatic hydroxyl groups excluding tert-OH is 1. The van der Waals surface area contributed by atoms with E-state index in [0.717, 1.165) is 32.7 Å². The van der Waals surface area contributed by atoms with Gasteiger partial charge in [-0.25, -0.2) is 0 Å². The van der Waals surface area contributed by atoms with Crippen LogP contribution in [0.5, 0.6) is 0 Å². The number of para-hydroxylation sites is 1. The van der Waals surface area contributed by atoms with Crippen LogP contribution in [-0.4, -0.2) is 44.6 Å². The highest BCUT2D eigenvalue weighted by Gasteiger charge is 2.25. The first-order chi connectivity index (χ1) is 10.4. The van der Waals surface area contributed by atoms with E-state index in [4.69, 9.17) is 9.84 Å². The van der Waals surface area contributed by atoms with Gasteiger partial charge >= 0.3 is 0 Å². The second-order valence-corrected chi connectivity index (χ2v) is 5.65. The van der Waals surface area contributed by atoms with E-state index in [-0.39, 0.29) is 6.61 Å². The summed E-state index contributed by atoms with van der Waals surface area (Å²) in [6, 6.07) is 9.26. The fourth-order valence-electron chi connectivity index (χ4n) is 2.78. The molecule has 21 heavy (non-hydrogen) atoms.